The molecule has 0 radical (unpaired) electrons. The van der Waals surface area contributed by atoms with Gasteiger partial charge in [0.2, 0.25) is 0 Å². The highest BCUT2D eigenvalue weighted by Crippen LogP contribution is 2.19. The fourth-order valence-electron chi connectivity index (χ4n) is 1.62. The molecule has 1 aliphatic rings. The Labute approximate surface area is 78.8 Å². The number of aliphatic imine (C=N–C) groups is 1. The van der Waals surface area contributed by atoms with Crippen molar-refractivity contribution in [2.24, 2.45) is 4.99 Å². The van der Waals surface area contributed by atoms with Crippen molar-refractivity contribution < 1.29 is 0 Å². The second kappa shape index (κ2) is 3.17. The third-order valence-corrected chi connectivity index (χ3v) is 2.44. The normalized spacial score (nSPS) is 14.0. The predicted molar refractivity (Wildman–Crippen MR) is 57.4 cm³/mol. The smallest absolute Gasteiger partial charge is 0.0573 e. The molecular weight excluding hydrogens is 158 g/mol. The van der Waals surface area contributed by atoms with Gasteiger partial charge in [-0.1, -0.05) is 24.3 Å². The van der Waals surface area contributed by atoms with Gasteiger partial charge >= 0.3 is 0 Å². The molecule has 0 fully saturated rings. The van der Waals surface area contributed by atoms with E-state index in [1.165, 1.54) is 22.3 Å². The summed E-state index contributed by atoms with van der Waals surface area (Å²) in [5, 5.41) is 0. The number of hydrogen-bond acceptors (Lipinski definition) is 1. The predicted octanol–water partition coefficient (Wildman–Crippen LogP) is 2.75. The molecule has 1 heteroatoms. The third kappa shape index (κ3) is 1.42. The van der Waals surface area contributed by atoms with Crippen molar-refractivity contribution in [1.82, 2.24) is 0 Å². The number of nitrogens with zero attached hydrogens (tertiary/aromatic N) is 1. The zero-order valence-corrected chi connectivity index (χ0v) is 8.04. The van der Waals surface area contributed by atoms with Gasteiger partial charge in [-0.05, 0) is 30.5 Å². The Balaban J connectivity index is 2.71. The summed E-state index contributed by atoms with van der Waals surface area (Å²) in [4.78, 5) is 4.30. The minimum atomic E-state index is 0.799. The first-order valence-electron chi connectivity index (χ1n) is 4.55. The van der Waals surface area contributed by atoms with E-state index >= 15 is 0 Å². The van der Waals surface area contributed by atoms with Gasteiger partial charge in [-0.25, -0.2) is 0 Å². The lowest BCUT2D eigenvalue weighted by Gasteiger charge is -2.07. The zero-order valence-electron chi connectivity index (χ0n) is 8.04. The average molecular weight is 171 g/mol. The highest BCUT2D eigenvalue weighted by atomic mass is 14.7. The first-order valence-corrected chi connectivity index (χ1v) is 4.55. The standard InChI is InChI=1S/C12H13N/c1-9-5-6-10(2)12-8-13-7-3-4-11(9)12/h3-6,8H,7H2,1-2H3. The molecule has 1 aromatic carbocycles. The summed E-state index contributed by atoms with van der Waals surface area (Å²) >= 11 is 0. The summed E-state index contributed by atoms with van der Waals surface area (Å²) in [7, 11) is 0. The van der Waals surface area contributed by atoms with E-state index < -0.39 is 0 Å². The van der Waals surface area contributed by atoms with Gasteiger partial charge in [0.15, 0.2) is 0 Å². The molecule has 0 saturated heterocycles. The first kappa shape index (κ1) is 8.24. The molecular formula is C12H13N. The first-order chi connectivity index (χ1) is 6.29. The van der Waals surface area contributed by atoms with Gasteiger partial charge in [0.25, 0.3) is 0 Å². The van der Waals surface area contributed by atoms with Crippen LogP contribution >= 0.6 is 0 Å². The number of rotatable bonds is 0. The van der Waals surface area contributed by atoms with Crippen LogP contribution in [0.25, 0.3) is 6.08 Å². The van der Waals surface area contributed by atoms with Gasteiger partial charge in [-0.2, -0.15) is 0 Å². The second-order valence-electron chi connectivity index (χ2n) is 3.42. The maximum atomic E-state index is 4.30. The van der Waals surface area contributed by atoms with Crippen LogP contribution in [0.1, 0.15) is 22.3 Å². The molecule has 0 amide bonds. The molecule has 1 nitrogen and oxygen atoms in total. The fraction of sp³-hybridized carbons (Fsp3) is 0.250. The maximum Gasteiger partial charge on any atom is 0.0573 e. The monoisotopic (exact) mass is 171 g/mol. The maximum absolute atomic E-state index is 4.30. The van der Waals surface area contributed by atoms with Crippen LogP contribution in [0.3, 0.4) is 0 Å². The molecule has 13 heavy (non-hydrogen) atoms. The van der Waals surface area contributed by atoms with E-state index in [2.05, 4.69) is 43.1 Å². The van der Waals surface area contributed by atoms with Gasteiger partial charge in [0.1, 0.15) is 0 Å². The molecule has 2 rings (SSSR count). The van der Waals surface area contributed by atoms with Crippen LogP contribution < -0.4 is 0 Å². The zero-order chi connectivity index (χ0) is 9.26. The lowest BCUT2D eigenvalue weighted by molar-refractivity contribution is 1.27. The van der Waals surface area contributed by atoms with E-state index in [-0.39, 0.29) is 0 Å². The van der Waals surface area contributed by atoms with Gasteiger partial charge in [0.05, 0.1) is 6.54 Å². The summed E-state index contributed by atoms with van der Waals surface area (Å²) < 4.78 is 0. The molecule has 0 bridgehead atoms. The summed E-state index contributed by atoms with van der Waals surface area (Å²) in [6.07, 6.45) is 6.26. The van der Waals surface area contributed by atoms with Crippen molar-refractivity contribution in [1.29, 1.82) is 0 Å². The molecule has 0 unspecified atom stereocenters. The Hall–Kier alpha value is -1.37. The van der Waals surface area contributed by atoms with Crippen LogP contribution in [0.5, 0.6) is 0 Å². The van der Waals surface area contributed by atoms with Crippen LogP contribution in [0, 0.1) is 13.8 Å². The third-order valence-electron chi connectivity index (χ3n) is 2.44. The second-order valence-corrected chi connectivity index (χ2v) is 3.42. The van der Waals surface area contributed by atoms with Crippen LogP contribution in [0.2, 0.25) is 0 Å². The average Bonchev–Trinajstić information content (AvgIpc) is 2.37. The molecule has 0 aromatic heterocycles. The molecule has 1 heterocycles. The minimum Gasteiger partial charge on any atom is -0.288 e. The molecule has 1 aliphatic heterocycles. The van der Waals surface area contributed by atoms with Gasteiger partial charge in [-0.3, -0.25) is 4.99 Å². The number of benzene rings is 1. The molecule has 1 aromatic rings. The highest BCUT2D eigenvalue weighted by molar-refractivity contribution is 5.89. The molecule has 66 valence electrons. The van der Waals surface area contributed by atoms with E-state index in [4.69, 9.17) is 0 Å². The van der Waals surface area contributed by atoms with Crippen molar-refractivity contribution in [2.75, 3.05) is 6.54 Å². The molecule has 0 saturated carbocycles. The fourth-order valence-corrected chi connectivity index (χ4v) is 1.62. The molecule has 0 spiro atoms. The van der Waals surface area contributed by atoms with Crippen LogP contribution in [-0.4, -0.2) is 12.8 Å². The minimum absolute atomic E-state index is 0.799. The molecule has 0 N–H and O–H groups in total. The van der Waals surface area contributed by atoms with Crippen molar-refractivity contribution in [3.05, 3.63) is 40.5 Å². The summed E-state index contributed by atoms with van der Waals surface area (Å²) in [6.45, 7) is 5.07. The van der Waals surface area contributed by atoms with E-state index in [1.54, 1.807) is 0 Å². The molecule has 0 aliphatic carbocycles. The van der Waals surface area contributed by atoms with Crippen LogP contribution in [0.4, 0.5) is 0 Å². The SMILES string of the molecule is Cc1ccc(C)c2c1C=CCN=C2. The van der Waals surface area contributed by atoms with Crippen LogP contribution in [0.15, 0.2) is 23.2 Å². The quantitative estimate of drug-likeness (QED) is 0.569. The van der Waals surface area contributed by atoms with E-state index in [0.29, 0.717) is 0 Å². The van der Waals surface area contributed by atoms with E-state index in [1.807, 2.05) is 6.21 Å². The van der Waals surface area contributed by atoms with Gasteiger partial charge < -0.3 is 0 Å². The number of hydrogen-bond donors (Lipinski definition) is 0. The highest BCUT2D eigenvalue weighted by Gasteiger charge is 2.05. The molecule has 0 atom stereocenters. The Morgan fingerprint density at radius 2 is 1.77 bits per heavy atom. The Bertz CT molecular complexity index is 349. The topological polar surface area (TPSA) is 12.4 Å². The Kier molecular flexibility index (Phi) is 2.01. The number of aryl methyl sites for hydroxylation is 2. The lowest BCUT2D eigenvalue weighted by Crippen LogP contribution is -1.93. The van der Waals surface area contributed by atoms with E-state index in [0.717, 1.165) is 6.54 Å². The summed E-state index contributed by atoms with van der Waals surface area (Å²) in [5.74, 6) is 0. The summed E-state index contributed by atoms with van der Waals surface area (Å²) in [6, 6.07) is 4.32. The van der Waals surface area contributed by atoms with Crippen LogP contribution in [-0.2, 0) is 0 Å². The van der Waals surface area contributed by atoms with Crippen molar-refractivity contribution in [3.8, 4) is 0 Å². The number of fused-ring (bicyclic) bond motifs is 1. The lowest BCUT2D eigenvalue weighted by atomic mass is 9.98. The Morgan fingerprint density at radius 3 is 2.54 bits per heavy atom. The summed E-state index contributed by atoms with van der Waals surface area (Å²) in [5.41, 5.74) is 5.22. The van der Waals surface area contributed by atoms with Crippen molar-refractivity contribution in [2.45, 2.75) is 13.8 Å². The van der Waals surface area contributed by atoms with Crippen molar-refractivity contribution >= 4 is 12.3 Å². The van der Waals surface area contributed by atoms with E-state index in [9.17, 15) is 0 Å². The largest absolute Gasteiger partial charge is 0.288 e. The van der Waals surface area contributed by atoms with Gasteiger partial charge in [0, 0.05) is 11.8 Å². The van der Waals surface area contributed by atoms with Gasteiger partial charge in [-0.15, -0.1) is 0 Å². The van der Waals surface area contributed by atoms with Crippen molar-refractivity contribution in [3.63, 3.8) is 0 Å². The Morgan fingerprint density at radius 1 is 1.08 bits per heavy atom.